The highest BCUT2D eigenvalue weighted by Crippen LogP contribution is 2.21. The summed E-state index contributed by atoms with van der Waals surface area (Å²) in [5, 5.41) is 1.41. The number of rotatable bonds is 4. The summed E-state index contributed by atoms with van der Waals surface area (Å²) in [6.45, 7) is 0. The second-order valence-electron chi connectivity index (χ2n) is 3.31. The van der Waals surface area contributed by atoms with Crippen molar-refractivity contribution in [2.45, 2.75) is 5.16 Å². The number of carbonyl (C=O) groups excluding carboxylic acids is 1. The first-order valence-electron chi connectivity index (χ1n) is 4.87. The number of hydrogen-bond donors (Lipinski definition) is 1. The van der Waals surface area contributed by atoms with Gasteiger partial charge in [0.2, 0.25) is 5.91 Å². The molecule has 0 radical (unpaired) electrons. The number of halogens is 1. The zero-order valence-electron chi connectivity index (χ0n) is 8.84. The van der Waals surface area contributed by atoms with E-state index in [2.05, 4.69) is 4.98 Å². The van der Waals surface area contributed by atoms with E-state index in [1.54, 1.807) is 18.3 Å². The standard InChI is InChI=1S/C11H10ClN3OS/c12-8-1-3-9(4-2-8)15-6-5-14-11(15)17-7-10(13)16/h1-6H,7H2,(H2,13,16). The van der Waals surface area contributed by atoms with Gasteiger partial charge < -0.3 is 5.73 Å². The molecule has 0 saturated carbocycles. The number of carbonyl (C=O) groups is 1. The van der Waals surface area contributed by atoms with Crippen molar-refractivity contribution in [3.05, 3.63) is 41.7 Å². The first-order valence-corrected chi connectivity index (χ1v) is 6.23. The molecule has 0 unspecified atom stereocenters. The van der Waals surface area contributed by atoms with Gasteiger partial charge in [-0.1, -0.05) is 23.4 Å². The number of primary amides is 1. The second kappa shape index (κ2) is 5.25. The molecular formula is C11H10ClN3OS. The van der Waals surface area contributed by atoms with Gasteiger partial charge in [0.25, 0.3) is 0 Å². The molecule has 1 aromatic carbocycles. The van der Waals surface area contributed by atoms with E-state index in [0.29, 0.717) is 5.02 Å². The molecule has 1 heterocycles. The Balaban J connectivity index is 2.24. The Labute approximate surface area is 108 Å². The first-order chi connectivity index (χ1) is 8.16. The molecular weight excluding hydrogens is 258 g/mol. The van der Waals surface area contributed by atoms with Gasteiger partial charge in [0.05, 0.1) is 5.75 Å². The maximum Gasteiger partial charge on any atom is 0.227 e. The maximum absolute atomic E-state index is 10.7. The third kappa shape index (κ3) is 3.01. The molecule has 0 aliphatic rings. The Morgan fingerprint density at radius 3 is 2.76 bits per heavy atom. The molecule has 88 valence electrons. The highest BCUT2D eigenvalue weighted by Gasteiger charge is 2.06. The number of hydrogen-bond acceptors (Lipinski definition) is 3. The van der Waals surface area contributed by atoms with Crippen LogP contribution in [0, 0.1) is 0 Å². The van der Waals surface area contributed by atoms with E-state index < -0.39 is 0 Å². The monoisotopic (exact) mass is 267 g/mol. The van der Waals surface area contributed by atoms with E-state index in [1.807, 2.05) is 22.9 Å². The summed E-state index contributed by atoms with van der Waals surface area (Å²) in [6, 6.07) is 7.38. The Morgan fingerprint density at radius 2 is 2.12 bits per heavy atom. The predicted molar refractivity (Wildman–Crippen MR) is 68.5 cm³/mol. The van der Waals surface area contributed by atoms with Crippen LogP contribution < -0.4 is 5.73 Å². The third-order valence-electron chi connectivity index (χ3n) is 2.06. The molecule has 2 N–H and O–H groups in total. The fraction of sp³-hybridized carbons (Fsp3) is 0.0909. The summed E-state index contributed by atoms with van der Waals surface area (Å²) in [6.07, 6.45) is 3.50. The molecule has 2 aromatic rings. The van der Waals surface area contributed by atoms with E-state index in [9.17, 15) is 4.79 Å². The Hall–Kier alpha value is -1.46. The van der Waals surface area contributed by atoms with E-state index in [-0.39, 0.29) is 11.7 Å². The summed E-state index contributed by atoms with van der Waals surface area (Å²) < 4.78 is 1.88. The van der Waals surface area contributed by atoms with E-state index in [0.717, 1.165) is 10.8 Å². The molecule has 0 atom stereocenters. The molecule has 4 nitrogen and oxygen atoms in total. The SMILES string of the molecule is NC(=O)CSc1nccn1-c1ccc(Cl)cc1. The number of aromatic nitrogens is 2. The zero-order valence-corrected chi connectivity index (χ0v) is 10.4. The van der Waals surface area contributed by atoms with Crippen LogP contribution in [0.4, 0.5) is 0 Å². The van der Waals surface area contributed by atoms with Gasteiger partial charge in [0.15, 0.2) is 5.16 Å². The Kier molecular flexibility index (Phi) is 3.71. The zero-order chi connectivity index (χ0) is 12.3. The molecule has 1 amide bonds. The molecule has 6 heteroatoms. The number of nitrogens with zero attached hydrogens (tertiary/aromatic N) is 2. The summed E-state index contributed by atoms with van der Waals surface area (Å²) in [5.74, 6) is -0.148. The summed E-state index contributed by atoms with van der Waals surface area (Å²) in [4.78, 5) is 14.9. The molecule has 2 rings (SSSR count). The maximum atomic E-state index is 10.7. The van der Waals surface area contributed by atoms with E-state index >= 15 is 0 Å². The predicted octanol–water partition coefficient (Wildman–Crippen LogP) is 2.10. The highest BCUT2D eigenvalue weighted by molar-refractivity contribution is 7.99. The van der Waals surface area contributed by atoms with Gasteiger partial charge in [-0.05, 0) is 24.3 Å². The van der Waals surface area contributed by atoms with E-state index in [1.165, 1.54) is 11.8 Å². The highest BCUT2D eigenvalue weighted by atomic mass is 35.5. The first kappa shape index (κ1) is 12.0. The third-order valence-corrected chi connectivity index (χ3v) is 3.30. The molecule has 0 fully saturated rings. The number of amides is 1. The van der Waals surface area contributed by atoms with Crippen LogP contribution in [-0.4, -0.2) is 21.2 Å². The Morgan fingerprint density at radius 1 is 1.41 bits per heavy atom. The minimum absolute atomic E-state index is 0.213. The molecule has 1 aromatic heterocycles. The van der Waals surface area contributed by atoms with Crippen LogP contribution in [0.25, 0.3) is 5.69 Å². The van der Waals surface area contributed by atoms with Gasteiger partial charge in [0.1, 0.15) is 0 Å². The van der Waals surface area contributed by atoms with Crippen molar-refractivity contribution in [2.75, 3.05) is 5.75 Å². The average Bonchev–Trinajstić information content (AvgIpc) is 2.75. The second-order valence-corrected chi connectivity index (χ2v) is 4.69. The molecule has 17 heavy (non-hydrogen) atoms. The van der Waals surface area contributed by atoms with Crippen molar-refractivity contribution >= 4 is 29.3 Å². The van der Waals surface area contributed by atoms with Crippen molar-refractivity contribution in [3.8, 4) is 5.69 Å². The van der Waals surface area contributed by atoms with Crippen LogP contribution in [-0.2, 0) is 4.79 Å². The van der Waals surface area contributed by atoms with Gasteiger partial charge in [-0.3, -0.25) is 9.36 Å². The topological polar surface area (TPSA) is 60.9 Å². The smallest absolute Gasteiger partial charge is 0.227 e. The van der Waals surface area contributed by atoms with Crippen LogP contribution in [0.1, 0.15) is 0 Å². The van der Waals surface area contributed by atoms with Crippen LogP contribution in [0.2, 0.25) is 5.02 Å². The lowest BCUT2D eigenvalue weighted by molar-refractivity contribution is -0.115. The Bertz CT molecular complexity index is 524. The molecule has 0 spiro atoms. The van der Waals surface area contributed by atoms with Crippen LogP contribution in [0.3, 0.4) is 0 Å². The minimum atomic E-state index is -0.361. The summed E-state index contributed by atoms with van der Waals surface area (Å²) in [5.41, 5.74) is 6.05. The largest absolute Gasteiger partial charge is 0.369 e. The fourth-order valence-corrected chi connectivity index (χ4v) is 2.17. The molecule has 0 bridgehead atoms. The summed E-state index contributed by atoms with van der Waals surface area (Å²) in [7, 11) is 0. The lowest BCUT2D eigenvalue weighted by atomic mass is 10.3. The lowest BCUT2D eigenvalue weighted by Gasteiger charge is -2.06. The lowest BCUT2D eigenvalue weighted by Crippen LogP contribution is -2.13. The van der Waals surface area contributed by atoms with Gasteiger partial charge in [-0.25, -0.2) is 4.98 Å². The van der Waals surface area contributed by atoms with Crippen molar-refractivity contribution in [1.82, 2.24) is 9.55 Å². The quantitative estimate of drug-likeness (QED) is 0.863. The summed E-state index contributed by atoms with van der Waals surface area (Å²) >= 11 is 7.13. The number of nitrogens with two attached hydrogens (primary N) is 1. The molecule has 0 aliphatic carbocycles. The van der Waals surface area contributed by atoms with Crippen LogP contribution >= 0.6 is 23.4 Å². The van der Waals surface area contributed by atoms with Crippen molar-refractivity contribution in [2.24, 2.45) is 5.73 Å². The molecule has 0 saturated heterocycles. The van der Waals surface area contributed by atoms with Gasteiger partial charge >= 0.3 is 0 Å². The number of thioether (sulfide) groups is 1. The average molecular weight is 268 g/mol. The fourth-order valence-electron chi connectivity index (χ4n) is 1.33. The number of imidazole rings is 1. The number of benzene rings is 1. The normalized spacial score (nSPS) is 10.4. The minimum Gasteiger partial charge on any atom is -0.369 e. The van der Waals surface area contributed by atoms with Gasteiger partial charge in [-0.2, -0.15) is 0 Å². The van der Waals surface area contributed by atoms with Gasteiger partial charge in [-0.15, -0.1) is 0 Å². The van der Waals surface area contributed by atoms with Crippen molar-refractivity contribution < 1.29 is 4.79 Å². The van der Waals surface area contributed by atoms with Crippen LogP contribution in [0.15, 0.2) is 41.8 Å². The van der Waals surface area contributed by atoms with Crippen molar-refractivity contribution in [3.63, 3.8) is 0 Å². The van der Waals surface area contributed by atoms with Gasteiger partial charge in [0, 0.05) is 23.1 Å². The van der Waals surface area contributed by atoms with Crippen LogP contribution in [0.5, 0.6) is 0 Å². The van der Waals surface area contributed by atoms with Crippen molar-refractivity contribution in [1.29, 1.82) is 0 Å². The molecule has 0 aliphatic heterocycles. The van der Waals surface area contributed by atoms with E-state index in [4.69, 9.17) is 17.3 Å².